The molecule has 1 heterocycles. The lowest BCUT2D eigenvalue weighted by Crippen LogP contribution is -2.33. The Morgan fingerprint density at radius 1 is 1.25 bits per heavy atom. The molecule has 1 saturated heterocycles. The van der Waals surface area contributed by atoms with Gasteiger partial charge in [0.05, 0.1) is 0 Å². The maximum Gasteiger partial charge on any atom is 0.0468 e. The van der Waals surface area contributed by atoms with Crippen LogP contribution in [0.3, 0.4) is 0 Å². The summed E-state index contributed by atoms with van der Waals surface area (Å²) in [4.78, 5) is 0. The monoisotopic (exact) mass is 225 g/mol. The Morgan fingerprint density at radius 2 is 2.00 bits per heavy atom. The second-order valence-corrected chi connectivity index (χ2v) is 5.93. The van der Waals surface area contributed by atoms with Crippen molar-refractivity contribution in [2.24, 2.45) is 11.3 Å². The van der Waals surface area contributed by atoms with Gasteiger partial charge in [-0.3, -0.25) is 0 Å². The molecule has 16 heavy (non-hydrogen) atoms. The van der Waals surface area contributed by atoms with E-state index in [0.717, 1.165) is 25.2 Å². The van der Waals surface area contributed by atoms with Crippen LogP contribution in [0.5, 0.6) is 0 Å². The highest BCUT2D eigenvalue weighted by Crippen LogP contribution is 2.47. The van der Waals surface area contributed by atoms with E-state index in [1.165, 1.54) is 45.1 Å². The molecule has 0 aromatic carbocycles. The van der Waals surface area contributed by atoms with E-state index in [-0.39, 0.29) is 0 Å². The molecule has 2 aliphatic rings. The van der Waals surface area contributed by atoms with E-state index in [1.54, 1.807) is 0 Å². The van der Waals surface area contributed by atoms with Crippen molar-refractivity contribution in [1.29, 1.82) is 0 Å². The molecule has 2 nitrogen and oxygen atoms in total. The molecule has 2 unspecified atom stereocenters. The van der Waals surface area contributed by atoms with Crippen LogP contribution in [-0.4, -0.2) is 25.8 Å². The van der Waals surface area contributed by atoms with Gasteiger partial charge in [0.1, 0.15) is 0 Å². The third-order valence-corrected chi connectivity index (χ3v) is 4.67. The van der Waals surface area contributed by atoms with Crippen LogP contribution in [0.4, 0.5) is 0 Å². The van der Waals surface area contributed by atoms with Gasteiger partial charge in [0.15, 0.2) is 0 Å². The van der Waals surface area contributed by atoms with Gasteiger partial charge >= 0.3 is 0 Å². The van der Waals surface area contributed by atoms with E-state index in [9.17, 15) is 0 Å². The average Bonchev–Trinajstić information content (AvgIpc) is 2.71. The highest BCUT2D eigenvalue weighted by Gasteiger charge is 2.41. The maximum absolute atomic E-state index is 5.48. The highest BCUT2D eigenvalue weighted by molar-refractivity contribution is 4.94. The van der Waals surface area contributed by atoms with Crippen LogP contribution in [0.25, 0.3) is 0 Å². The Morgan fingerprint density at radius 3 is 2.69 bits per heavy atom. The molecule has 1 aliphatic carbocycles. The van der Waals surface area contributed by atoms with Gasteiger partial charge in [0.2, 0.25) is 0 Å². The predicted octanol–water partition coefficient (Wildman–Crippen LogP) is 2.97. The number of nitrogens with one attached hydrogen (secondary N) is 1. The number of hydrogen-bond donors (Lipinski definition) is 1. The summed E-state index contributed by atoms with van der Waals surface area (Å²) in [5.74, 6) is 0.912. The van der Waals surface area contributed by atoms with Gasteiger partial charge in [-0.25, -0.2) is 0 Å². The standard InChI is InChI=1S/C14H27NO/c1-3-8-15-13-4-7-14(2,11-13)12-5-9-16-10-6-12/h12-13,15H,3-11H2,1-2H3. The molecule has 1 aliphatic heterocycles. The van der Waals surface area contributed by atoms with Crippen molar-refractivity contribution >= 4 is 0 Å². The molecule has 1 N–H and O–H groups in total. The summed E-state index contributed by atoms with van der Waals surface area (Å²) < 4.78 is 5.48. The Hall–Kier alpha value is -0.0800. The molecule has 0 aromatic rings. The first-order valence-corrected chi connectivity index (χ1v) is 7.06. The van der Waals surface area contributed by atoms with E-state index in [4.69, 9.17) is 4.74 Å². The van der Waals surface area contributed by atoms with Crippen LogP contribution in [0.1, 0.15) is 52.4 Å². The normalized spacial score (nSPS) is 36.8. The van der Waals surface area contributed by atoms with Gasteiger partial charge in [-0.2, -0.15) is 0 Å². The van der Waals surface area contributed by atoms with Crippen LogP contribution >= 0.6 is 0 Å². The fourth-order valence-electron chi connectivity index (χ4n) is 3.56. The first kappa shape index (κ1) is 12.4. The van der Waals surface area contributed by atoms with Gasteiger partial charge in [-0.15, -0.1) is 0 Å². The highest BCUT2D eigenvalue weighted by atomic mass is 16.5. The van der Waals surface area contributed by atoms with Crippen LogP contribution in [0.15, 0.2) is 0 Å². The van der Waals surface area contributed by atoms with Crippen molar-refractivity contribution in [3.8, 4) is 0 Å². The second-order valence-electron chi connectivity index (χ2n) is 5.93. The average molecular weight is 225 g/mol. The molecular formula is C14H27NO. The van der Waals surface area contributed by atoms with Crippen molar-refractivity contribution in [1.82, 2.24) is 5.32 Å². The summed E-state index contributed by atoms with van der Waals surface area (Å²) >= 11 is 0. The Bertz CT molecular complexity index is 213. The summed E-state index contributed by atoms with van der Waals surface area (Å²) in [6.07, 6.45) is 8.02. The summed E-state index contributed by atoms with van der Waals surface area (Å²) in [5, 5.41) is 3.69. The van der Waals surface area contributed by atoms with E-state index in [2.05, 4.69) is 19.2 Å². The Balaban J connectivity index is 1.84. The second kappa shape index (κ2) is 5.50. The molecule has 94 valence electrons. The van der Waals surface area contributed by atoms with Crippen molar-refractivity contribution in [2.45, 2.75) is 58.4 Å². The summed E-state index contributed by atoms with van der Waals surface area (Å²) in [5.41, 5.74) is 0.592. The number of hydrogen-bond acceptors (Lipinski definition) is 2. The molecule has 0 bridgehead atoms. The van der Waals surface area contributed by atoms with Gasteiger partial charge in [-0.1, -0.05) is 13.8 Å². The quantitative estimate of drug-likeness (QED) is 0.794. The molecule has 0 spiro atoms. The van der Waals surface area contributed by atoms with Crippen LogP contribution in [-0.2, 0) is 4.74 Å². The molecule has 2 rings (SSSR count). The van der Waals surface area contributed by atoms with Gasteiger partial charge in [-0.05, 0) is 56.4 Å². The van der Waals surface area contributed by atoms with Crippen LogP contribution < -0.4 is 5.32 Å². The van der Waals surface area contributed by atoms with Crippen molar-refractivity contribution in [3.05, 3.63) is 0 Å². The van der Waals surface area contributed by atoms with Crippen molar-refractivity contribution in [2.75, 3.05) is 19.8 Å². The minimum Gasteiger partial charge on any atom is -0.381 e. The zero-order chi connectivity index (χ0) is 11.4. The zero-order valence-electron chi connectivity index (χ0n) is 10.9. The summed E-state index contributed by atoms with van der Waals surface area (Å²) in [6, 6.07) is 0.785. The molecule has 0 radical (unpaired) electrons. The van der Waals surface area contributed by atoms with Gasteiger partial charge in [0.25, 0.3) is 0 Å². The van der Waals surface area contributed by atoms with E-state index in [0.29, 0.717) is 5.41 Å². The molecule has 2 atom stereocenters. The minimum atomic E-state index is 0.592. The first-order valence-electron chi connectivity index (χ1n) is 7.06. The SMILES string of the molecule is CCCNC1CCC(C)(C2CCOCC2)C1. The van der Waals surface area contributed by atoms with Gasteiger partial charge < -0.3 is 10.1 Å². The molecular weight excluding hydrogens is 198 g/mol. The predicted molar refractivity (Wildman–Crippen MR) is 67.6 cm³/mol. The minimum absolute atomic E-state index is 0.592. The summed E-state index contributed by atoms with van der Waals surface area (Å²) in [7, 11) is 0. The Labute approximate surface area is 100 Å². The van der Waals surface area contributed by atoms with E-state index in [1.807, 2.05) is 0 Å². The molecule has 1 saturated carbocycles. The molecule has 0 aromatic heterocycles. The van der Waals surface area contributed by atoms with Crippen LogP contribution in [0.2, 0.25) is 0 Å². The fourth-order valence-corrected chi connectivity index (χ4v) is 3.56. The number of rotatable bonds is 4. The third kappa shape index (κ3) is 2.78. The van der Waals surface area contributed by atoms with E-state index >= 15 is 0 Å². The topological polar surface area (TPSA) is 21.3 Å². The van der Waals surface area contributed by atoms with Crippen molar-refractivity contribution < 1.29 is 4.74 Å². The molecule has 2 heteroatoms. The van der Waals surface area contributed by atoms with Gasteiger partial charge in [0, 0.05) is 19.3 Å². The zero-order valence-corrected chi connectivity index (χ0v) is 10.9. The lowest BCUT2D eigenvalue weighted by molar-refractivity contribution is 0.0177. The largest absolute Gasteiger partial charge is 0.381 e. The smallest absolute Gasteiger partial charge is 0.0468 e. The molecule has 0 amide bonds. The summed E-state index contributed by atoms with van der Waals surface area (Å²) in [6.45, 7) is 7.94. The lowest BCUT2D eigenvalue weighted by Gasteiger charge is -2.37. The first-order chi connectivity index (χ1) is 7.74. The molecule has 2 fully saturated rings. The lowest BCUT2D eigenvalue weighted by atomic mass is 9.72. The van der Waals surface area contributed by atoms with Crippen molar-refractivity contribution in [3.63, 3.8) is 0 Å². The fraction of sp³-hybridized carbons (Fsp3) is 1.00. The number of ether oxygens (including phenoxy) is 1. The Kier molecular flexibility index (Phi) is 4.26. The van der Waals surface area contributed by atoms with E-state index < -0.39 is 0 Å². The maximum atomic E-state index is 5.48. The third-order valence-electron chi connectivity index (χ3n) is 4.67. The van der Waals surface area contributed by atoms with Crippen LogP contribution in [0, 0.1) is 11.3 Å².